The number of benzene rings is 1. The first-order valence-corrected chi connectivity index (χ1v) is 6.48. The summed E-state index contributed by atoms with van der Waals surface area (Å²) in [7, 11) is 3.36. The van der Waals surface area contributed by atoms with Crippen molar-refractivity contribution in [3.63, 3.8) is 0 Å². The van der Waals surface area contributed by atoms with Gasteiger partial charge >= 0.3 is 0 Å². The molecule has 0 bridgehead atoms. The van der Waals surface area contributed by atoms with Gasteiger partial charge in [-0.3, -0.25) is 0 Å². The van der Waals surface area contributed by atoms with Gasteiger partial charge in [0.2, 0.25) is 0 Å². The Labute approximate surface area is 109 Å². The van der Waals surface area contributed by atoms with Crippen LogP contribution in [-0.4, -0.2) is 33.4 Å². The monoisotopic (exact) mass is 250 g/mol. The third-order valence-electron chi connectivity index (χ3n) is 3.37. The van der Waals surface area contributed by atoms with Gasteiger partial charge < -0.3 is 20.1 Å². The van der Waals surface area contributed by atoms with Gasteiger partial charge in [0.25, 0.3) is 0 Å². The smallest absolute Gasteiger partial charge is 0.127 e. The van der Waals surface area contributed by atoms with E-state index in [0.717, 1.165) is 31.1 Å². The quantitative estimate of drug-likeness (QED) is 0.832. The summed E-state index contributed by atoms with van der Waals surface area (Å²) in [5.41, 5.74) is 1.17. The summed E-state index contributed by atoms with van der Waals surface area (Å²) in [5.74, 6) is 1.71. The number of ether oxygens (including phenoxy) is 2. The number of hydrogen-bond donors (Lipinski definition) is 2. The first-order chi connectivity index (χ1) is 8.83. The number of rotatable bonds is 5. The highest BCUT2D eigenvalue weighted by Crippen LogP contribution is 2.24. The van der Waals surface area contributed by atoms with Crippen LogP contribution in [0.1, 0.15) is 18.4 Å². The molecule has 1 aliphatic heterocycles. The third kappa shape index (κ3) is 3.37. The second-order valence-electron chi connectivity index (χ2n) is 4.60. The third-order valence-corrected chi connectivity index (χ3v) is 3.37. The van der Waals surface area contributed by atoms with Crippen LogP contribution in [0.25, 0.3) is 0 Å². The average Bonchev–Trinajstić information content (AvgIpc) is 2.46. The van der Waals surface area contributed by atoms with Crippen LogP contribution in [0, 0.1) is 0 Å². The summed E-state index contributed by atoms with van der Waals surface area (Å²) in [5, 5.41) is 6.97. The van der Waals surface area contributed by atoms with Crippen LogP contribution in [0.5, 0.6) is 11.5 Å². The summed E-state index contributed by atoms with van der Waals surface area (Å²) in [6, 6.07) is 6.51. The van der Waals surface area contributed by atoms with Crippen LogP contribution in [0.4, 0.5) is 0 Å². The lowest BCUT2D eigenvalue weighted by atomic mass is 10.1. The lowest BCUT2D eigenvalue weighted by Gasteiger charge is -2.24. The molecule has 0 saturated carbocycles. The minimum Gasteiger partial charge on any atom is -0.497 e. The molecule has 1 aliphatic rings. The van der Waals surface area contributed by atoms with Crippen LogP contribution in [0.15, 0.2) is 18.2 Å². The normalized spacial score (nSPS) is 19.6. The van der Waals surface area contributed by atoms with E-state index in [0.29, 0.717) is 6.04 Å². The fourth-order valence-electron chi connectivity index (χ4n) is 2.28. The Balaban J connectivity index is 1.95. The maximum absolute atomic E-state index is 5.39. The standard InChI is InChI=1S/C14H22N2O2/c1-17-13-6-5-11(14(8-13)18-2)9-16-12-4-3-7-15-10-12/h5-6,8,12,15-16H,3-4,7,9-10H2,1-2H3. The molecule has 100 valence electrons. The molecule has 1 heterocycles. The van der Waals surface area contributed by atoms with Crippen LogP contribution in [-0.2, 0) is 6.54 Å². The zero-order valence-corrected chi connectivity index (χ0v) is 11.2. The van der Waals surface area contributed by atoms with E-state index in [4.69, 9.17) is 9.47 Å². The largest absolute Gasteiger partial charge is 0.497 e. The molecule has 0 aromatic heterocycles. The van der Waals surface area contributed by atoms with Gasteiger partial charge in [-0.25, -0.2) is 0 Å². The number of nitrogens with one attached hydrogen (secondary N) is 2. The average molecular weight is 250 g/mol. The number of hydrogen-bond acceptors (Lipinski definition) is 4. The van der Waals surface area contributed by atoms with E-state index in [9.17, 15) is 0 Å². The van der Waals surface area contributed by atoms with Gasteiger partial charge in [0.05, 0.1) is 14.2 Å². The highest BCUT2D eigenvalue weighted by atomic mass is 16.5. The Bertz CT molecular complexity index is 376. The zero-order valence-electron chi connectivity index (χ0n) is 11.2. The van der Waals surface area contributed by atoms with Gasteiger partial charge in [0, 0.05) is 30.8 Å². The first-order valence-electron chi connectivity index (χ1n) is 6.48. The first kappa shape index (κ1) is 13.2. The van der Waals surface area contributed by atoms with Crippen LogP contribution >= 0.6 is 0 Å². The molecule has 1 atom stereocenters. The summed E-state index contributed by atoms with van der Waals surface area (Å²) in [6.07, 6.45) is 2.49. The molecule has 0 radical (unpaired) electrons. The molecular formula is C14H22N2O2. The molecular weight excluding hydrogens is 228 g/mol. The number of methoxy groups -OCH3 is 2. The molecule has 0 aliphatic carbocycles. The van der Waals surface area contributed by atoms with Gasteiger partial charge in [-0.05, 0) is 25.5 Å². The van der Waals surface area contributed by atoms with Crippen LogP contribution in [0.3, 0.4) is 0 Å². The lowest BCUT2D eigenvalue weighted by molar-refractivity contribution is 0.374. The van der Waals surface area contributed by atoms with Crippen LogP contribution < -0.4 is 20.1 Å². The van der Waals surface area contributed by atoms with Crippen molar-refractivity contribution in [3.8, 4) is 11.5 Å². The zero-order chi connectivity index (χ0) is 12.8. The fraction of sp³-hybridized carbons (Fsp3) is 0.571. The van der Waals surface area contributed by atoms with E-state index < -0.39 is 0 Å². The lowest BCUT2D eigenvalue weighted by Crippen LogP contribution is -2.42. The van der Waals surface area contributed by atoms with Crippen molar-refractivity contribution in [3.05, 3.63) is 23.8 Å². The summed E-state index contributed by atoms with van der Waals surface area (Å²) in [6.45, 7) is 3.03. The summed E-state index contributed by atoms with van der Waals surface area (Å²) in [4.78, 5) is 0. The van der Waals surface area contributed by atoms with Gasteiger partial charge in [0.1, 0.15) is 11.5 Å². The van der Waals surface area contributed by atoms with E-state index in [1.54, 1.807) is 14.2 Å². The van der Waals surface area contributed by atoms with Crippen molar-refractivity contribution < 1.29 is 9.47 Å². The Morgan fingerprint density at radius 2 is 2.22 bits per heavy atom. The second kappa shape index (κ2) is 6.61. The number of piperidine rings is 1. The topological polar surface area (TPSA) is 42.5 Å². The van der Waals surface area contributed by atoms with Crippen molar-refractivity contribution in [2.24, 2.45) is 0 Å². The molecule has 4 heteroatoms. The van der Waals surface area contributed by atoms with Crippen molar-refractivity contribution in [1.29, 1.82) is 0 Å². The molecule has 1 saturated heterocycles. The van der Waals surface area contributed by atoms with Crippen LogP contribution in [0.2, 0.25) is 0 Å². The molecule has 1 unspecified atom stereocenters. The maximum Gasteiger partial charge on any atom is 0.127 e. The molecule has 1 aromatic carbocycles. The second-order valence-corrected chi connectivity index (χ2v) is 4.60. The molecule has 2 rings (SSSR count). The summed E-state index contributed by atoms with van der Waals surface area (Å²) < 4.78 is 10.6. The van der Waals surface area contributed by atoms with Gasteiger partial charge in [-0.2, -0.15) is 0 Å². The molecule has 18 heavy (non-hydrogen) atoms. The SMILES string of the molecule is COc1ccc(CNC2CCCNC2)c(OC)c1. The van der Waals surface area contributed by atoms with E-state index in [1.807, 2.05) is 12.1 Å². The van der Waals surface area contributed by atoms with E-state index in [1.165, 1.54) is 18.4 Å². The van der Waals surface area contributed by atoms with Gasteiger partial charge in [0.15, 0.2) is 0 Å². The molecule has 0 amide bonds. The highest BCUT2D eigenvalue weighted by molar-refractivity contribution is 5.40. The minimum atomic E-state index is 0.561. The summed E-state index contributed by atoms with van der Waals surface area (Å²) >= 11 is 0. The molecule has 4 nitrogen and oxygen atoms in total. The molecule has 1 fully saturated rings. The minimum absolute atomic E-state index is 0.561. The fourth-order valence-corrected chi connectivity index (χ4v) is 2.28. The molecule has 0 spiro atoms. The predicted molar refractivity (Wildman–Crippen MR) is 72.3 cm³/mol. The Kier molecular flexibility index (Phi) is 4.84. The van der Waals surface area contributed by atoms with Crippen molar-refractivity contribution in [2.75, 3.05) is 27.3 Å². The van der Waals surface area contributed by atoms with Gasteiger partial charge in [-0.15, -0.1) is 0 Å². The molecule has 2 N–H and O–H groups in total. The van der Waals surface area contributed by atoms with E-state index in [2.05, 4.69) is 16.7 Å². The van der Waals surface area contributed by atoms with Crippen molar-refractivity contribution in [1.82, 2.24) is 10.6 Å². The van der Waals surface area contributed by atoms with Crippen molar-refractivity contribution in [2.45, 2.75) is 25.4 Å². The Morgan fingerprint density at radius 1 is 1.33 bits per heavy atom. The molecule has 1 aromatic rings. The van der Waals surface area contributed by atoms with E-state index >= 15 is 0 Å². The Morgan fingerprint density at radius 3 is 2.89 bits per heavy atom. The predicted octanol–water partition coefficient (Wildman–Crippen LogP) is 1.55. The van der Waals surface area contributed by atoms with Crippen molar-refractivity contribution >= 4 is 0 Å². The Hall–Kier alpha value is -1.26. The maximum atomic E-state index is 5.39. The van der Waals surface area contributed by atoms with E-state index in [-0.39, 0.29) is 0 Å². The highest BCUT2D eigenvalue weighted by Gasteiger charge is 2.13. The van der Waals surface area contributed by atoms with Gasteiger partial charge in [-0.1, -0.05) is 6.07 Å².